The summed E-state index contributed by atoms with van der Waals surface area (Å²) in [6, 6.07) is 15.3. The van der Waals surface area contributed by atoms with Gasteiger partial charge < -0.3 is 24.8 Å². The molecule has 1 atom stereocenters. The van der Waals surface area contributed by atoms with Crippen LogP contribution in [0.4, 0.5) is 17.1 Å². The van der Waals surface area contributed by atoms with Crippen LogP contribution in [0.25, 0.3) is 0 Å². The maximum atomic E-state index is 12.8. The maximum Gasteiger partial charge on any atom is 0.229 e. The number of piperazine rings is 1. The summed E-state index contributed by atoms with van der Waals surface area (Å²) in [6.45, 7) is 4.49. The largest absolute Gasteiger partial charge is 0.497 e. The van der Waals surface area contributed by atoms with E-state index in [4.69, 9.17) is 4.74 Å². The van der Waals surface area contributed by atoms with E-state index in [0.29, 0.717) is 12.3 Å². The van der Waals surface area contributed by atoms with Gasteiger partial charge in [-0.3, -0.25) is 9.59 Å². The fourth-order valence-corrected chi connectivity index (χ4v) is 3.98. The third-order valence-electron chi connectivity index (χ3n) is 5.86. The topological polar surface area (TPSA) is 65.1 Å². The van der Waals surface area contributed by atoms with E-state index in [-0.39, 0.29) is 24.2 Å². The summed E-state index contributed by atoms with van der Waals surface area (Å²) < 4.78 is 5.24. The van der Waals surface area contributed by atoms with E-state index in [0.717, 1.165) is 37.6 Å². The van der Waals surface area contributed by atoms with Gasteiger partial charge in [-0.1, -0.05) is 6.07 Å². The number of anilines is 3. The molecular formula is C23H28N4O3. The summed E-state index contributed by atoms with van der Waals surface area (Å²) in [5, 5.41) is 2.97. The first-order chi connectivity index (χ1) is 14.5. The second kappa shape index (κ2) is 8.75. The molecule has 2 heterocycles. The zero-order valence-corrected chi connectivity index (χ0v) is 17.5. The van der Waals surface area contributed by atoms with Crippen molar-refractivity contribution in [2.45, 2.75) is 6.42 Å². The molecule has 7 heteroatoms. The second-order valence-corrected chi connectivity index (χ2v) is 7.93. The van der Waals surface area contributed by atoms with Gasteiger partial charge in [0.05, 0.1) is 13.0 Å². The Kier molecular flexibility index (Phi) is 5.90. The smallest absolute Gasteiger partial charge is 0.229 e. The third kappa shape index (κ3) is 4.41. The minimum atomic E-state index is -0.374. The predicted octanol–water partition coefficient (Wildman–Crippen LogP) is 2.44. The van der Waals surface area contributed by atoms with Crippen molar-refractivity contribution in [1.29, 1.82) is 0 Å². The fraction of sp³-hybridized carbons (Fsp3) is 0.391. The van der Waals surface area contributed by atoms with Crippen molar-refractivity contribution in [2.24, 2.45) is 5.92 Å². The summed E-state index contributed by atoms with van der Waals surface area (Å²) in [7, 11) is 3.73. The van der Waals surface area contributed by atoms with Crippen molar-refractivity contribution in [3.8, 4) is 5.75 Å². The van der Waals surface area contributed by atoms with Gasteiger partial charge in [0.15, 0.2) is 0 Å². The first-order valence-corrected chi connectivity index (χ1v) is 10.3. The van der Waals surface area contributed by atoms with Crippen LogP contribution < -0.4 is 19.9 Å². The number of likely N-dealkylation sites (N-methyl/N-ethyl adjacent to an activating group) is 1. The van der Waals surface area contributed by atoms with E-state index in [1.54, 1.807) is 12.0 Å². The average Bonchev–Trinajstić information content (AvgIpc) is 3.17. The summed E-state index contributed by atoms with van der Waals surface area (Å²) in [5.74, 6) is 0.143. The minimum absolute atomic E-state index is 0.0474. The summed E-state index contributed by atoms with van der Waals surface area (Å²) >= 11 is 0. The van der Waals surface area contributed by atoms with Gasteiger partial charge in [-0.2, -0.15) is 0 Å². The molecule has 1 N–H and O–H groups in total. The molecule has 0 spiro atoms. The van der Waals surface area contributed by atoms with E-state index in [9.17, 15) is 9.59 Å². The Morgan fingerprint density at radius 1 is 1.03 bits per heavy atom. The van der Waals surface area contributed by atoms with E-state index in [1.807, 2.05) is 48.5 Å². The van der Waals surface area contributed by atoms with Crippen molar-refractivity contribution >= 4 is 28.9 Å². The van der Waals surface area contributed by atoms with Crippen LogP contribution in [-0.4, -0.2) is 63.6 Å². The molecule has 0 unspecified atom stereocenters. The molecule has 0 bridgehead atoms. The lowest BCUT2D eigenvalue weighted by atomic mass is 10.1. The molecule has 0 saturated carbocycles. The Balaban J connectivity index is 1.36. The number of hydrogen-bond donors (Lipinski definition) is 1. The third-order valence-corrected chi connectivity index (χ3v) is 5.86. The number of nitrogens with zero attached hydrogens (tertiary/aromatic N) is 3. The number of rotatable bonds is 5. The standard InChI is InChI=1S/C23H28N4O3/c1-25-10-12-26(13-11-25)19-8-6-18(7-9-19)24-23(29)17-14-22(28)27(16-17)20-4-3-5-21(15-20)30-2/h3-9,15,17H,10-14,16H2,1-2H3,(H,24,29)/t17-/m0/s1. The van der Waals surface area contributed by atoms with Crippen molar-refractivity contribution < 1.29 is 14.3 Å². The van der Waals surface area contributed by atoms with Crippen LogP contribution in [0.2, 0.25) is 0 Å². The van der Waals surface area contributed by atoms with Gasteiger partial charge in [0.25, 0.3) is 0 Å². The van der Waals surface area contributed by atoms with Gasteiger partial charge in [0.2, 0.25) is 11.8 Å². The van der Waals surface area contributed by atoms with E-state index >= 15 is 0 Å². The number of benzene rings is 2. The predicted molar refractivity (Wildman–Crippen MR) is 118 cm³/mol. The van der Waals surface area contributed by atoms with Gasteiger partial charge in [-0.25, -0.2) is 0 Å². The minimum Gasteiger partial charge on any atom is -0.497 e. The number of carbonyl (C=O) groups is 2. The SMILES string of the molecule is COc1cccc(N2C[C@@H](C(=O)Nc3ccc(N4CCN(C)CC4)cc3)CC2=O)c1. The van der Waals surface area contributed by atoms with Crippen LogP contribution in [0.1, 0.15) is 6.42 Å². The molecule has 158 valence electrons. The van der Waals surface area contributed by atoms with Gasteiger partial charge in [0, 0.05) is 62.3 Å². The van der Waals surface area contributed by atoms with E-state index in [1.165, 1.54) is 5.69 Å². The Labute approximate surface area is 177 Å². The Morgan fingerprint density at radius 3 is 2.47 bits per heavy atom. The summed E-state index contributed by atoms with van der Waals surface area (Å²) in [4.78, 5) is 31.6. The molecule has 0 radical (unpaired) electrons. The lowest BCUT2D eigenvalue weighted by molar-refractivity contribution is -0.122. The highest BCUT2D eigenvalue weighted by Gasteiger charge is 2.35. The quantitative estimate of drug-likeness (QED) is 0.823. The molecule has 2 saturated heterocycles. The lowest BCUT2D eigenvalue weighted by Gasteiger charge is -2.34. The molecular weight excluding hydrogens is 380 g/mol. The highest BCUT2D eigenvalue weighted by Crippen LogP contribution is 2.29. The fourth-order valence-electron chi connectivity index (χ4n) is 3.98. The summed E-state index contributed by atoms with van der Waals surface area (Å²) in [5.41, 5.74) is 2.68. The molecule has 30 heavy (non-hydrogen) atoms. The van der Waals surface area contributed by atoms with Crippen molar-refractivity contribution in [2.75, 3.05) is 62.0 Å². The van der Waals surface area contributed by atoms with Crippen LogP contribution in [-0.2, 0) is 9.59 Å². The van der Waals surface area contributed by atoms with Crippen molar-refractivity contribution in [3.63, 3.8) is 0 Å². The van der Waals surface area contributed by atoms with Gasteiger partial charge in [-0.05, 0) is 43.4 Å². The average molecular weight is 409 g/mol. The number of amides is 2. The number of hydrogen-bond acceptors (Lipinski definition) is 5. The molecule has 2 aromatic rings. The number of ether oxygens (including phenoxy) is 1. The lowest BCUT2D eigenvalue weighted by Crippen LogP contribution is -2.44. The van der Waals surface area contributed by atoms with Crippen LogP contribution >= 0.6 is 0 Å². The normalized spacial score (nSPS) is 19.8. The van der Waals surface area contributed by atoms with Gasteiger partial charge >= 0.3 is 0 Å². The molecule has 2 amide bonds. The molecule has 0 aliphatic carbocycles. The van der Waals surface area contributed by atoms with Crippen LogP contribution in [0.5, 0.6) is 5.75 Å². The zero-order valence-electron chi connectivity index (χ0n) is 17.5. The Hall–Kier alpha value is -3.06. The number of methoxy groups -OCH3 is 1. The Bertz CT molecular complexity index is 907. The first-order valence-electron chi connectivity index (χ1n) is 10.3. The molecule has 2 fully saturated rings. The van der Waals surface area contributed by atoms with Crippen LogP contribution in [0.15, 0.2) is 48.5 Å². The monoisotopic (exact) mass is 408 g/mol. The van der Waals surface area contributed by atoms with Crippen molar-refractivity contribution in [1.82, 2.24) is 4.90 Å². The Morgan fingerprint density at radius 2 is 1.77 bits per heavy atom. The van der Waals surface area contributed by atoms with Gasteiger partial charge in [-0.15, -0.1) is 0 Å². The van der Waals surface area contributed by atoms with Crippen LogP contribution in [0.3, 0.4) is 0 Å². The number of nitrogens with one attached hydrogen (secondary N) is 1. The molecule has 2 aromatic carbocycles. The van der Waals surface area contributed by atoms with Crippen LogP contribution in [0, 0.1) is 5.92 Å². The van der Waals surface area contributed by atoms with Crippen molar-refractivity contribution in [3.05, 3.63) is 48.5 Å². The molecule has 4 rings (SSSR count). The maximum absolute atomic E-state index is 12.8. The molecule has 2 aliphatic heterocycles. The van der Waals surface area contributed by atoms with E-state index < -0.39 is 0 Å². The highest BCUT2D eigenvalue weighted by molar-refractivity contribution is 6.03. The molecule has 0 aromatic heterocycles. The van der Waals surface area contributed by atoms with Gasteiger partial charge in [0.1, 0.15) is 5.75 Å². The molecule has 7 nitrogen and oxygen atoms in total. The zero-order chi connectivity index (χ0) is 21.1. The summed E-state index contributed by atoms with van der Waals surface area (Å²) in [6.07, 6.45) is 0.211. The first kappa shape index (κ1) is 20.2. The second-order valence-electron chi connectivity index (χ2n) is 7.93. The number of carbonyl (C=O) groups excluding carboxylic acids is 2. The molecule has 2 aliphatic rings. The van der Waals surface area contributed by atoms with E-state index in [2.05, 4.69) is 22.2 Å². The highest BCUT2D eigenvalue weighted by atomic mass is 16.5.